The molecule has 4 nitrogen and oxygen atoms in total. The first-order valence-electron chi connectivity index (χ1n) is 6.11. The molecule has 0 saturated heterocycles. The number of aromatic nitrogens is 3. The fourth-order valence-electron chi connectivity index (χ4n) is 2.14. The highest BCUT2D eigenvalue weighted by Crippen LogP contribution is 2.26. The van der Waals surface area contributed by atoms with Gasteiger partial charge in [-0.2, -0.15) is 0 Å². The van der Waals surface area contributed by atoms with E-state index in [0.717, 1.165) is 27.7 Å². The van der Waals surface area contributed by atoms with E-state index in [9.17, 15) is 0 Å². The van der Waals surface area contributed by atoms with E-state index in [2.05, 4.69) is 15.0 Å². The third-order valence-corrected chi connectivity index (χ3v) is 3.17. The zero-order valence-corrected chi connectivity index (χ0v) is 10.9. The number of nitrogen functional groups attached to an aromatic ring is 1. The Kier molecular flexibility index (Phi) is 2.63. The van der Waals surface area contributed by atoms with Crippen molar-refractivity contribution >= 4 is 16.7 Å². The zero-order valence-electron chi connectivity index (χ0n) is 10.9. The number of hydrogen-bond acceptors (Lipinski definition) is 4. The Morgan fingerprint density at radius 1 is 1.05 bits per heavy atom. The normalized spacial score (nSPS) is 10.8. The van der Waals surface area contributed by atoms with Crippen molar-refractivity contribution in [2.24, 2.45) is 0 Å². The first-order chi connectivity index (χ1) is 9.15. The molecule has 2 N–H and O–H groups in total. The summed E-state index contributed by atoms with van der Waals surface area (Å²) in [6.45, 7) is 3.78. The van der Waals surface area contributed by atoms with Gasteiger partial charge in [0, 0.05) is 22.7 Å². The number of pyridine rings is 1. The number of hydrogen-bond donors (Lipinski definition) is 1. The topological polar surface area (TPSA) is 64.7 Å². The lowest BCUT2D eigenvalue weighted by Gasteiger charge is -2.09. The van der Waals surface area contributed by atoms with Crippen LogP contribution in [0.4, 0.5) is 5.82 Å². The predicted molar refractivity (Wildman–Crippen MR) is 76.7 cm³/mol. The average molecular weight is 250 g/mol. The number of nitrogens with zero attached hydrogens (tertiary/aromatic N) is 3. The second kappa shape index (κ2) is 4.31. The lowest BCUT2D eigenvalue weighted by molar-refractivity contribution is 1.05. The Hall–Kier alpha value is -2.49. The molecule has 0 atom stereocenters. The van der Waals surface area contributed by atoms with Crippen LogP contribution in [0.15, 0.2) is 36.5 Å². The molecule has 1 aromatic carbocycles. The molecule has 0 aliphatic rings. The minimum atomic E-state index is 0.531. The summed E-state index contributed by atoms with van der Waals surface area (Å²) in [6.07, 6.45) is 1.79. The minimum absolute atomic E-state index is 0.531. The minimum Gasteiger partial charge on any atom is -0.383 e. The van der Waals surface area contributed by atoms with Crippen molar-refractivity contribution in [3.05, 3.63) is 47.9 Å². The van der Waals surface area contributed by atoms with Gasteiger partial charge in [-0.3, -0.25) is 4.98 Å². The number of aryl methyl sites for hydroxylation is 1. The molecule has 3 aromatic rings. The van der Waals surface area contributed by atoms with Crippen LogP contribution in [0, 0.1) is 13.8 Å². The van der Waals surface area contributed by atoms with Gasteiger partial charge in [-0.1, -0.05) is 18.2 Å². The maximum atomic E-state index is 5.90. The number of fused-ring (bicyclic) bond motifs is 1. The molecule has 0 amide bonds. The van der Waals surface area contributed by atoms with Gasteiger partial charge in [-0.15, -0.1) is 0 Å². The highest BCUT2D eigenvalue weighted by molar-refractivity contribution is 5.84. The van der Waals surface area contributed by atoms with E-state index >= 15 is 0 Å². The van der Waals surface area contributed by atoms with Crippen LogP contribution in [-0.2, 0) is 0 Å². The molecule has 0 fully saturated rings. The van der Waals surface area contributed by atoms with Crippen LogP contribution in [-0.4, -0.2) is 15.0 Å². The second-order valence-corrected chi connectivity index (χ2v) is 4.54. The van der Waals surface area contributed by atoms with Gasteiger partial charge in [0.1, 0.15) is 11.6 Å². The molecule has 94 valence electrons. The fraction of sp³-hybridized carbons (Fsp3) is 0.133. The molecule has 0 bridgehead atoms. The maximum Gasteiger partial charge on any atom is 0.130 e. The molecular weight excluding hydrogens is 236 g/mol. The fourth-order valence-corrected chi connectivity index (χ4v) is 2.14. The van der Waals surface area contributed by atoms with Crippen LogP contribution < -0.4 is 5.73 Å². The summed E-state index contributed by atoms with van der Waals surface area (Å²) in [5.74, 6) is 1.21. The third kappa shape index (κ3) is 2.01. The van der Waals surface area contributed by atoms with E-state index in [1.807, 2.05) is 44.2 Å². The van der Waals surface area contributed by atoms with E-state index in [-0.39, 0.29) is 0 Å². The van der Waals surface area contributed by atoms with Crippen LogP contribution >= 0.6 is 0 Å². The number of nitrogens with two attached hydrogens (primary N) is 1. The highest BCUT2D eigenvalue weighted by Gasteiger charge is 2.09. The lowest BCUT2D eigenvalue weighted by Crippen LogP contribution is -2.02. The molecule has 0 radical (unpaired) electrons. The monoisotopic (exact) mass is 250 g/mol. The highest BCUT2D eigenvalue weighted by atomic mass is 14.9. The Balaban J connectivity index is 2.24. The van der Waals surface area contributed by atoms with Crippen molar-refractivity contribution in [2.45, 2.75) is 13.8 Å². The molecular formula is C15H14N4. The summed E-state index contributed by atoms with van der Waals surface area (Å²) in [7, 11) is 0. The zero-order chi connectivity index (χ0) is 13.4. The van der Waals surface area contributed by atoms with E-state index < -0.39 is 0 Å². The third-order valence-electron chi connectivity index (χ3n) is 3.17. The standard InChI is InChI=1S/C15H14N4/c1-9-14(18-10(2)19-15(9)16)12-6-5-11-4-3-7-17-13(11)8-12/h3-8H,1-2H3,(H2,16,18,19). The number of rotatable bonds is 1. The van der Waals surface area contributed by atoms with Gasteiger partial charge in [0.05, 0.1) is 11.2 Å². The van der Waals surface area contributed by atoms with Gasteiger partial charge in [0.15, 0.2) is 0 Å². The SMILES string of the molecule is Cc1nc(N)c(C)c(-c2ccc3cccnc3c2)n1. The Morgan fingerprint density at radius 2 is 1.89 bits per heavy atom. The average Bonchev–Trinajstić information content (AvgIpc) is 2.42. The molecule has 2 heterocycles. The molecule has 0 saturated carbocycles. The van der Waals surface area contributed by atoms with Gasteiger partial charge in [-0.05, 0) is 26.0 Å². The van der Waals surface area contributed by atoms with Crippen molar-refractivity contribution in [1.82, 2.24) is 15.0 Å². The molecule has 0 unspecified atom stereocenters. The molecule has 2 aromatic heterocycles. The lowest BCUT2D eigenvalue weighted by atomic mass is 10.0. The van der Waals surface area contributed by atoms with Crippen molar-refractivity contribution < 1.29 is 0 Å². The van der Waals surface area contributed by atoms with Crippen LogP contribution in [0.25, 0.3) is 22.2 Å². The number of anilines is 1. The Morgan fingerprint density at radius 3 is 2.74 bits per heavy atom. The number of benzene rings is 1. The predicted octanol–water partition coefficient (Wildman–Crippen LogP) is 2.89. The summed E-state index contributed by atoms with van der Waals surface area (Å²) in [5, 5.41) is 1.11. The van der Waals surface area contributed by atoms with Gasteiger partial charge in [0.25, 0.3) is 0 Å². The van der Waals surface area contributed by atoms with E-state index in [0.29, 0.717) is 11.6 Å². The Bertz CT molecular complexity index is 765. The summed E-state index contributed by atoms with van der Waals surface area (Å²) in [4.78, 5) is 13.0. The van der Waals surface area contributed by atoms with Crippen molar-refractivity contribution in [1.29, 1.82) is 0 Å². The molecule has 0 aliphatic carbocycles. The van der Waals surface area contributed by atoms with Gasteiger partial charge >= 0.3 is 0 Å². The van der Waals surface area contributed by atoms with Crippen molar-refractivity contribution in [3.63, 3.8) is 0 Å². The molecule has 4 heteroatoms. The van der Waals surface area contributed by atoms with Crippen molar-refractivity contribution in [3.8, 4) is 11.3 Å². The summed E-state index contributed by atoms with van der Waals surface area (Å²) in [5.41, 5.74) is 9.65. The van der Waals surface area contributed by atoms with E-state index in [1.54, 1.807) is 6.20 Å². The summed E-state index contributed by atoms with van der Waals surface area (Å²) in [6, 6.07) is 10.1. The van der Waals surface area contributed by atoms with E-state index in [1.165, 1.54) is 0 Å². The van der Waals surface area contributed by atoms with Gasteiger partial charge in [0.2, 0.25) is 0 Å². The van der Waals surface area contributed by atoms with E-state index in [4.69, 9.17) is 5.73 Å². The molecule has 19 heavy (non-hydrogen) atoms. The van der Waals surface area contributed by atoms with Gasteiger partial charge < -0.3 is 5.73 Å². The van der Waals surface area contributed by atoms with Crippen LogP contribution in [0.2, 0.25) is 0 Å². The summed E-state index contributed by atoms with van der Waals surface area (Å²) >= 11 is 0. The van der Waals surface area contributed by atoms with Crippen molar-refractivity contribution in [2.75, 3.05) is 5.73 Å². The molecule has 0 aliphatic heterocycles. The summed E-state index contributed by atoms with van der Waals surface area (Å²) < 4.78 is 0. The Labute approximate surface area is 111 Å². The largest absolute Gasteiger partial charge is 0.383 e. The maximum absolute atomic E-state index is 5.90. The first-order valence-corrected chi connectivity index (χ1v) is 6.11. The van der Waals surface area contributed by atoms with Crippen LogP contribution in [0.3, 0.4) is 0 Å². The smallest absolute Gasteiger partial charge is 0.130 e. The molecule has 0 spiro atoms. The second-order valence-electron chi connectivity index (χ2n) is 4.54. The van der Waals surface area contributed by atoms with Gasteiger partial charge in [-0.25, -0.2) is 9.97 Å². The van der Waals surface area contributed by atoms with Crippen LogP contribution in [0.5, 0.6) is 0 Å². The first kappa shape index (κ1) is 11.6. The van der Waals surface area contributed by atoms with Crippen LogP contribution in [0.1, 0.15) is 11.4 Å². The quantitative estimate of drug-likeness (QED) is 0.721. The molecule has 3 rings (SSSR count).